The summed E-state index contributed by atoms with van der Waals surface area (Å²) in [4.78, 5) is 13.2. The molecule has 104 valence electrons. The second-order valence-corrected chi connectivity index (χ2v) is 4.85. The maximum Gasteiger partial charge on any atom is 0.416 e. The molecule has 2 rings (SSSR count). The quantitative estimate of drug-likeness (QED) is 0.778. The van der Waals surface area contributed by atoms with Crippen LogP contribution in [0.4, 0.5) is 13.2 Å². The van der Waals surface area contributed by atoms with Crippen molar-refractivity contribution in [1.29, 1.82) is 0 Å². The summed E-state index contributed by atoms with van der Waals surface area (Å²) in [5.74, 6) is -0.378. The van der Waals surface area contributed by atoms with Crippen molar-refractivity contribution in [3.63, 3.8) is 0 Å². The van der Waals surface area contributed by atoms with Crippen molar-refractivity contribution in [3.05, 3.63) is 35.4 Å². The molecule has 2 nitrogen and oxygen atoms in total. The van der Waals surface area contributed by atoms with Crippen LogP contribution in [0.5, 0.6) is 0 Å². The summed E-state index contributed by atoms with van der Waals surface area (Å²) < 4.78 is 37.8. The van der Waals surface area contributed by atoms with Gasteiger partial charge in [0.15, 0.2) is 0 Å². The van der Waals surface area contributed by atoms with E-state index in [1.54, 1.807) is 11.0 Å². The molecule has 0 spiro atoms. The average molecular weight is 292 g/mol. The number of carbonyl (C=O) groups excluding carboxylic acids is 1. The highest BCUT2D eigenvalue weighted by Gasteiger charge is 2.33. The molecular formula is C13H13ClF3NO. The van der Waals surface area contributed by atoms with Gasteiger partial charge in [0.05, 0.1) is 5.56 Å². The van der Waals surface area contributed by atoms with E-state index >= 15 is 0 Å². The van der Waals surface area contributed by atoms with E-state index in [2.05, 4.69) is 0 Å². The Morgan fingerprint density at radius 2 is 2.05 bits per heavy atom. The van der Waals surface area contributed by atoms with E-state index in [1.807, 2.05) is 0 Å². The van der Waals surface area contributed by atoms with Crippen molar-refractivity contribution in [2.75, 3.05) is 5.88 Å². The normalized spacial score (nSPS) is 15.4. The highest BCUT2D eigenvalue weighted by atomic mass is 35.5. The number of rotatable bonds is 4. The van der Waals surface area contributed by atoms with E-state index in [4.69, 9.17) is 11.6 Å². The molecule has 0 heterocycles. The predicted molar refractivity (Wildman–Crippen MR) is 65.7 cm³/mol. The Hall–Kier alpha value is -1.23. The third kappa shape index (κ3) is 3.62. The van der Waals surface area contributed by atoms with Gasteiger partial charge in [0.2, 0.25) is 5.91 Å². The molecule has 1 aromatic carbocycles. The van der Waals surface area contributed by atoms with Crippen molar-refractivity contribution in [2.45, 2.75) is 31.6 Å². The summed E-state index contributed by atoms with van der Waals surface area (Å²) in [5.41, 5.74) is -0.223. The molecule has 1 saturated carbocycles. The van der Waals surface area contributed by atoms with Gasteiger partial charge in [0.25, 0.3) is 0 Å². The van der Waals surface area contributed by atoms with Gasteiger partial charge in [-0.05, 0) is 30.5 Å². The van der Waals surface area contributed by atoms with Crippen LogP contribution in [0.3, 0.4) is 0 Å². The van der Waals surface area contributed by atoms with Crippen LogP contribution >= 0.6 is 11.6 Å². The van der Waals surface area contributed by atoms with E-state index in [9.17, 15) is 18.0 Å². The van der Waals surface area contributed by atoms with Gasteiger partial charge in [-0.15, -0.1) is 11.6 Å². The van der Waals surface area contributed by atoms with E-state index in [1.165, 1.54) is 6.07 Å². The minimum Gasteiger partial charge on any atom is -0.334 e. The van der Waals surface area contributed by atoms with Gasteiger partial charge in [-0.1, -0.05) is 12.1 Å². The third-order valence-electron chi connectivity index (χ3n) is 3.03. The lowest BCUT2D eigenvalue weighted by Crippen LogP contribution is -2.33. The molecule has 1 fully saturated rings. The molecule has 0 saturated heterocycles. The first-order valence-corrected chi connectivity index (χ1v) is 6.47. The van der Waals surface area contributed by atoms with Crippen LogP contribution in [0, 0.1) is 0 Å². The molecule has 0 N–H and O–H groups in total. The molecule has 0 aromatic heterocycles. The molecule has 19 heavy (non-hydrogen) atoms. The lowest BCUT2D eigenvalue weighted by Gasteiger charge is -2.22. The van der Waals surface area contributed by atoms with Gasteiger partial charge in [-0.2, -0.15) is 13.2 Å². The lowest BCUT2D eigenvalue weighted by molar-refractivity contribution is -0.137. The molecule has 0 atom stereocenters. The van der Waals surface area contributed by atoms with Crippen molar-refractivity contribution in [2.24, 2.45) is 0 Å². The van der Waals surface area contributed by atoms with Gasteiger partial charge in [-0.25, -0.2) is 0 Å². The van der Waals surface area contributed by atoms with Crippen LogP contribution in [-0.2, 0) is 17.5 Å². The van der Waals surface area contributed by atoms with Crippen LogP contribution in [0.2, 0.25) is 0 Å². The monoisotopic (exact) mass is 291 g/mol. The Labute approximate surface area is 114 Å². The fraction of sp³-hybridized carbons (Fsp3) is 0.462. The number of hydrogen-bond donors (Lipinski definition) is 0. The smallest absolute Gasteiger partial charge is 0.334 e. The maximum absolute atomic E-state index is 12.6. The first-order valence-electron chi connectivity index (χ1n) is 5.93. The summed E-state index contributed by atoms with van der Waals surface area (Å²) in [5, 5.41) is 0. The van der Waals surface area contributed by atoms with Gasteiger partial charge in [-0.3, -0.25) is 4.79 Å². The molecule has 1 aliphatic carbocycles. The first kappa shape index (κ1) is 14.2. The number of hydrogen-bond acceptors (Lipinski definition) is 1. The summed E-state index contributed by atoms with van der Waals surface area (Å²) in [6.45, 7) is 0.181. The van der Waals surface area contributed by atoms with Crippen molar-refractivity contribution >= 4 is 17.5 Å². The largest absolute Gasteiger partial charge is 0.416 e. The maximum atomic E-state index is 12.6. The molecule has 1 aliphatic rings. The molecule has 6 heteroatoms. The van der Waals surface area contributed by atoms with Crippen LogP contribution in [0.1, 0.15) is 24.0 Å². The van der Waals surface area contributed by atoms with Crippen molar-refractivity contribution in [1.82, 2.24) is 4.90 Å². The Balaban J connectivity index is 2.15. The van der Waals surface area contributed by atoms with E-state index in [0.29, 0.717) is 5.56 Å². The van der Waals surface area contributed by atoms with Crippen LogP contribution in [-0.4, -0.2) is 22.7 Å². The molecule has 0 radical (unpaired) electrons. The van der Waals surface area contributed by atoms with Crippen LogP contribution < -0.4 is 0 Å². The number of benzene rings is 1. The fourth-order valence-electron chi connectivity index (χ4n) is 1.93. The molecule has 1 aromatic rings. The van der Waals surface area contributed by atoms with E-state index in [-0.39, 0.29) is 24.4 Å². The van der Waals surface area contributed by atoms with E-state index < -0.39 is 11.7 Å². The zero-order valence-corrected chi connectivity index (χ0v) is 10.8. The second kappa shape index (κ2) is 5.41. The van der Waals surface area contributed by atoms with E-state index in [0.717, 1.165) is 25.0 Å². The molecule has 0 bridgehead atoms. The molecule has 0 aliphatic heterocycles. The Morgan fingerprint density at radius 1 is 1.37 bits per heavy atom. The van der Waals surface area contributed by atoms with Crippen LogP contribution in [0.15, 0.2) is 24.3 Å². The lowest BCUT2D eigenvalue weighted by atomic mass is 10.1. The molecule has 1 amide bonds. The summed E-state index contributed by atoms with van der Waals surface area (Å²) in [7, 11) is 0. The first-order chi connectivity index (χ1) is 8.91. The molecule has 0 unspecified atom stereocenters. The zero-order valence-electron chi connectivity index (χ0n) is 10.1. The van der Waals surface area contributed by atoms with Gasteiger partial charge < -0.3 is 4.90 Å². The Kier molecular flexibility index (Phi) is 4.04. The topological polar surface area (TPSA) is 20.3 Å². The fourth-order valence-corrected chi connectivity index (χ4v) is 2.08. The summed E-state index contributed by atoms with van der Waals surface area (Å²) >= 11 is 5.52. The zero-order chi connectivity index (χ0) is 14.0. The number of amides is 1. The standard InChI is InChI=1S/C13H13ClF3NO/c14-7-12(19)18(11-4-5-11)8-9-2-1-3-10(6-9)13(15,16)17/h1-3,6,11H,4-5,7-8H2. The van der Waals surface area contributed by atoms with Gasteiger partial charge in [0.1, 0.15) is 5.88 Å². The van der Waals surface area contributed by atoms with Crippen LogP contribution in [0.25, 0.3) is 0 Å². The highest BCUT2D eigenvalue weighted by molar-refractivity contribution is 6.27. The minimum absolute atomic E-state index is 0.126. The number of carbonyl (C=O) groups is 1. The summed E-state index contributed by atoms with van der Waals surface area (Å²) in [6.07, 6.45) is -2.58. The Bertz CT molecular complexity index is 471. The highest BCUT2D eigenvalue weighted by Crippen LogP contribution is 2.32. The number of halogens is 4. The predicted octanol–water partition coefficient (Wildman–Crippen LogP) is 3.44. The third-order valence-corrected chi connectivity index (χ3v) is 3.26. The number of nitrogens with zero attached hydrogens (tertiary/aromatic N) is 1. The summed E-state index contributed by atoms with van der Waals surface area (Å²) in [6, 6.07) is 5.17. The molecular weight excluding hydrogens is 279 g/mol. The van der Waals surface area contributed by atoms with Gasteiger partial charge in [0, 0.05) is 12.6 Å². The van der Waals surface area contributed by atoms with Crippen molar-refractivity contribution < 1.29 is 18.0 Å². The Morgan fingerprint density at radius 3 is 2.58 bits per heavy atom. The van der Waals surface area contributed by atoms with Crippen molar-refractivity contribution in [3.8, 4) is 0 Å². The second-order valence-electron chi connectivity index (χ2n) is 4.58. The number of alkyl halides is 4. The van der Waals surface area contributed by atoms with Gasteiger partial charge >= 0.3 is 6.18 Å². The SMILES string of the molecule is O=C(CCl)N(Cc1cccc(C(F)(F)F)c1)C1CC1. The average Bonchev–Trinajstić information content (AvgIpc) is 3.18. The minimum atomic E-state index is -4.36.